The molecule has 6 heteroatoms. The molecule has 2 rings (SSSR count). The summed E-state index contributed by atoms with van der Waals surface area (Å²) in [6.45, 7) is 4.12. The monoisotopic (exact) mass is 225 g/mol. The second kappa shape index (κ2) is 4.65. The average molecular weight is 225 g/mol. The number of hydrogen-bond acceptors (Lipinski definition) is 6. The number of nitrogen functional groups attached to an aromatic ring is 1. The molecule has 0 spiro atoms. The summed E-state index contributed by atoms with van der Waals surface area (Å²) in [5, 5.41) is 0.729. The van der Waals surface area contributed by atoms with E-state index in [0.717, 1.165) is 29.9 Å². The van der Waals surface area contributed by atoms with E-state index in [-0.39, 0.29) is 0 Å². The van der Waals surface area contributed by atoms with Crippen LogP contribution in [0.1, 0.15) is 19.8 Å². The predicted molar refractivity (Wildman–Crippen MR) is 62.1 cm³/mol. The van der Waals surface area contributed by atoms with Crippen LogP contribution in [0, 0.1) is 0 Å². The zero-order valence-electron chi connectivity index (χ0n) is 8.81. The zero-order valence-corrected chi connectivity index (χ0v) is 9.63. The fourth-order valence-corrected chi connectivity index (χ4v) is 2.18. The topological polar surface area (TPSA) is 67.9 Å². The van der Waals surface area contributed by atoms with E-state index < -0.39 is 0 Å². The van der Waals surface area contributed by atoms with Crippen molar-refractivity contribution < 1.29 is 0 Å². The smallest absolute Gasteiger partial charge is 0.231 e. The Kier molecular flexibility index (Phi) is 3.25. The normalized spacial score (nSPS) is 15.9. The van der Waals surface area contributed by atoms with Gasteiger partial charge in [0.2, 0.25) is 11.9 Å². The van der Waals surface area contributed by atoms with Gasteiger partial charge in [0.1, 0.15) is 0 Å². The number of hydrogen-bond donors (Lipinski definition) is 1. The maximum atomic E-state index is 5.66. The van der Waals surface area contributed by atoms with Crippen LogP contribution in [0.5, 0.6) is 0 Å². The third-order valence-electron chi connectivity index (χ3n) is 2.28. The molecule has 0 atom stereocenters. The van der Waals surface area contributed by atoms with E-state index in [9.17, 15) is 0 Å². The largest absolute Gasteiger partial charge is 0.368 e. The molecule has 1 fully saturated rings. The Hall–Kier alpha value is -1.04. The first-order valence-corrected chi connectivity index (χ1v) is 6.17. The van der Waals surface area contributed by atoms with Gasteiger partial charge in [-0.2, -0.15) is 15.0 Å². The Morgan fingerprint density at radius 2 is 2.00 bits per heavy atom. The zero-order chi connectivity index (χ0) is 10.7. The molecule has 0 unspecified atom stereocenters. The van der Waals surface area contributed by atoms with Gasteiger partial charge in [-0.3, -0.25) is 0 Å². The molecule has 0 saturated carbocycles. The summed E-state index contributed by atoms with van der Waals surface area (Å²) >= 11 is 1.59. The highest BCUT2D eigenvalue weighted by molar-refractivity contribution is 7.99. The molecule has 0 aliphatic carbocycles. The quantitative estimate of drug-likeness (QED) is 0.779. The maximum Gasteiger partial charge on any atom is 0.231 e. The van der Waals surface area contributed by atoms with E-state index in [1.807, 2.05) is 0 Å². The molecule has 5 nitrogen and oxygen atoms in total. The molecule has 0 amide bonds. The number of rotatable bonds is 3. The van der Waals surface area contributed by atoms with Crippen LogP contribution in [0.25, 0.3) is 0 Å². The van der Waals surface area contributed by atoms with Crippen molar-refractivity contribution in [2.45, 2.75) is 24.9 Å². The number of aromatic nitrogens is 3. The molecule has 15 heavy (non-hydrogen) atoms. The standard InChI is InChI=1S/C9H15N5S/c1-2-15-9-12-7(10)11-8(13-9)14-5-3-4-6-14/h2-6H2,1H3,(H2,10,11,12,13). The van der Waals surface area contributed by atoms with Gasteiger partial charge >= 0.3 is 0 Å². The van der Waals surface area contributed by atoms with Gasteiger partial charge in [0.15, 0.2) is 5.16 Å². The molecule has 0 aromatic carbocycles. The summed E-state index contributed by atoms with van der Waals surface area (Å²) in [6, 6.07) is 0. The van der Waals surface area contributed by atoms with Gasteiger partial charge in [-0.15, -0.1) is 0 Å². The van der Waals surface area contributed by atoms with Crippen LogP contribution < -0.4 is 10.6 Å². The van der Waals surface area contributed by atoms with Crippen molar-refractivity contribution >= 4 is 23.7 Å². The van der Waals surface area contributed by atoms with E-state index >= 15 is 0 Å². The van der Waals surface area contributed by atoms with Crippen molar-refractivity contribution in [1.29, 1.82) is 0 Å². The molecule has 2 heterocycles. The van der Waals surface area contributed by atoms with Crippen molar-refractivity contribution in [2.24, 2.45) is 0 Å². The number of nitrogens with two attached hydrogens (primary N) is 1. The molecule has 2 N–H and O–H groups in total. The molecule has 1 aromatic rings. The van der Waals surface area contributed by atoms with Crippen molar-refractivity contribution in [3.63, 3.8) is 0 Å². The SMILES string of the molecule is CCSc1nc(N)nc(N2CCCC2)n1. The molecular formula is C9H15N5S. The fourth-order valence-electron chi connectivity index (χ4n) is 1.61. The van der Waals surface area contributed by atoms with Crippen LogP contribution in [0.2, 0.25) is 0 Å². The van der Waals surface area contributed by atoms with Gasteiger partial charge in [-0.25, -0.2) is 0 Å². The lowest BCUT2D eigenvalue weighted by Gasteiger charge is -2.15. The fraction of sp³-hybridized carbons (Fsp3) is 0.667. The summed E-state index contributed by atoms with van der Waals surface area (Å²) in [5.41, 5.74) is 5.66. The molecule has 1 aliphatic rings. The third-order valence-corrected chi connectivity index (χ3v) is 3.01. The highest BCUT2D eigenvalue weighted by Gasteiger charge is 2.16. The summed E-state index contributed by atoms with van der Waals surface area (Å²) in [6.07, 6.45) is 2.42. The van der Waals surface area contributed by atoms with E-state index in [1.54, 1.807) is 11.8 Å². The van der Waals surface area contributed by atoms with Gasteiger partial charge in [0, 0.05) is 13.1 Å². The first-order chi connectivity index (χ1) is 7.29. The molecule has 0 bridgehead atoms. The average Bonchev–Trinajstić information content (AvgIpc) is 2.70. The molecular weight excluding hydrogens is 210 g/mol. The van der Waals surface area contributed by atoms with Crippen LogP contribution in [0.3, 0.4) is 0 Å². The Morgan fingerprint density at radius 1 is 1.27 bits per heavy atom. The third kappa shape index (κ3) is 2.50. The van der Waals surface area contributed by atoms with E-state index in [4.69, 9.17) is 5.73 Å². The van der Waals surface area contributed by atoms with Crippen LogP contribution in [-0.4, -0.2) is 33.8 Å². The molecule has 82 valence electrons. The minimum absolute atomic E-state index is 0.322. The maximum absolute atomic E-state index is 5.66. The van der Waals surface area contributed by atoms with E-state index in [1.165, 1.54) is 12.8 Å². The molecule has 0 radical (unpaired) electrons. The van der Waals surface area contributed by atoms with Crippen molar-refractivity contribution in [3.8, 4) is 0 Å². The highest BCUT2D eigenvalue weighted by Crippen LogP contribution is 2.20. The Morgan fingerprint density at radius 3 is 2.67 bits per heavy atom. The van der Waals surface area contributed by atoms with Gasteiger partial charge in [0.25, 0.3) is 0 Å². The van der Waals surface area contributed by atoms with Crippen LogP contribution in [0.15, 0.2) is 5.16 Å². The van der Waals surface area contributed by atoms with Crippen LogP contribution in [-0.2, 0) is 0 Å². The minimum atomic E-state index is 0.322. The summed E-state index contributed by atoms with van der Waals surface area (Å²) in [7, 11) is 0. The summed E-state index contributed by atoms with van der Waals surface area (Å²) in [4.78, 5) is 14.8. The first kappa shape index (κ1) is 10.5. The highest BCUT2D eigenvalue weighted by atomic mass is 32.2. The first-order valence-electron chi connectivity index (χ1n) is 5.19. The van der Waals surface area contributed by atoms with Crippen molar-refractivity contribution in [3.05, 3.63) is 0 Å². The number of nitrogens with zero attached hydrogens (tertiary/aromatic N) is 4. The Balaban J connectivity index is 2.22. The van der Waals surface area contributed by atoms with Crippen LogP contribution >= 0.6 is 11.8 Å². The Bertz CT molecular complexity index is 337. The lowest BCUT2D eigenvalue weighted by Crippen LogP contribution is -2.21. The van der Waals surface area contributed by atoms with Gasteiger partial charge in [0.05, 0.1) is 0 Å². The van der Waals surface area contributed by atoms with Crippen molar-refractivity contribution in [2.75, 3.05) is 29.5 Å². The molecule has 1 saturated heterocycles. The lowest BCUT2D eigenvalue weighted by molar-refractivity contribution is 0.834. The molecule has 1 aliphatic heterocycles. The minimum Gasteiger partial charge on any atom is -0.368 e. The number of anilines is 2. The van der Waals surface area contributed by atoms with E-state index in [0.29, 0.717) is 5.95 Å². The van der Waals surface area contributed by atoms with Crippen molar-refractivity contribution in [1.82, 2.24) is 15.0 Å². The number of thioether (sulfide) groups is 1. The lowest BCUT2D eigenvalue weighted by atomic mass is 10.4. The second-order valence-corrected chi connectivity index (χ2v) is 4.63. The predicted octanol–water partition coefficient (Wildman–Crippen LogP) is 1.17. The van der Waals surface area contributed by atoms with Gasteiger partial charge < -0.3 is 10.6 Å². The van der Waals surface area contributed by atoms with Gasteiger partial charge in [-0.05, 0) is 18.6 Å². The summed E-state index contributed by atoms with van der Waals surface area (Å²) < 4.78 is 0. The van der Waals surface area contributed by atoms with Gasteiger partial charge in [-0.1, -0.05) is 18.7 Å². The van der Waals surface area contributed by atoms with E-state index in [2.05, 4.69) is 26.8 Å². The summed E-state index contributed by atoms with van der Waals surface area (Å²) in [5.74, 6) is 2.00. The second-order valence-electron chi connectivity index (χ2n) is 3.40. The molecule has 1 aromatic heterocycles. The van der Waals surface area contributed by atoms with Crippen LogP contribution in [0.4, 0.5) is 11.9 Å². The Labute approximate surface area is 93.5 Å².